The highest BCUT2D eigenvalue weighted by Gasteiger charge is 2.42. The van der Waals surface area contributed by atoms with E-state index in [2.05, 4.69) is 34.3 Å². The van der Waals surface area contributed by atoms with E-state index in [1.807, 2.05) is 17.0 Å². The van der Waals surface area contributed by atoms with Crippen LogP contribution in [0.25, 0.3) is 5.69 Å². The lowest BCUT2D eigenvalue weighted by Crippen LogP contribution is -2.51. The van der Waals surface area contributed by atoms with Crippen LogP contribution in [-0.2, 0) is 5.54 Å². The van der Waals surface area contributed by atoms with Gasteiger partial charge >= 0.3 is 0 Å². The van der Waals surface area contributed by atoms with E-state index in [0.717, 1.165) is 30.0 Å². The molecular weight excluding hydrogens is 406 g/mol. The summed E-state index contributed by atoms with van der Waals surface area (Å²) in [6.45, 7) is 1.29. The maximum Gasteiger partial charge on any atom is 0.257 e. The van der Waals surface area contributed by atoms with Gasteiger partial charge in [-0.2, -0.15) is 0 Å². The summed E-state index contributed by atoms with van der Waals surface area (Å²) in [5.41, 5.74) is 3.70. The minimum absolute atomic E-state index is 0.0207. The summed E-state index contributed by atoms with van der Waals surface area (Å²) < 4.78 is 18.4. The molecule has 0 unspecified atom stereocenters. The number of rotatable bonds is 4. The van der Waals surface area contributed by atoms with Crippen molar-refractivity contribution in [1.82, 2.24) is 9.47 Å². The van der Waals surface area contributed by atoms with Crippen molar-refractivity contribution in [2.75, 3.05) is 39.7 Å². The lowest BCUT2D eigenvalue weighted by atomic mass is 9.82. The highest BCUT2D eigenvalue weighted by molar-refractivity contribution is 5.97. The van der Waals surface area contributed by atoms with Crippen LogP contribution < -0.4 is 19.5 Å². The molecule has 1 N–H and O–H groups in total. The quantitative estimate of drug-likeness (QED) is 0.672. The number of nitrogens with one attached hydrogen (secondary N) is 1. The van der Waals surface area contributed by atoms with Gasteiger partial charge in [-0.05, 0) is 49.2 Å². The number of piperidine rings is 1. The van der Waals surface area contributed by atoms with E-state index in [1.54, 1.807) is 39.5 Å². The molecule has 7 heteroatoms. The van der Waals surface area contributed by atoms with Crippen molar-refractivity contribution in [2.45, 2.75) is 18.4 Å². The van der Waals surface area contributed by atoms with Crippen molar-refractivity contribution in [3.8, 4) is 22.9 Å². The van der Waals surface area contributed by atoms with Gasteiger partial charge in [-0.3, -0.25) is 4.79 Å². The van der Waals surface area contributed by atoms with Gasteiger partial charge in [0.2, 0.25) is 0 Å². The molecule has 7 nitrogen and oxygen atoms in total. The standard InChI is InChI=1S/C25H27N3O4/c1-30-17-7-9-21-20(15-17)26-25(23-5-4-12-28(21)23)10-13-27(14-11-25)24(29)19-8-6-18(31-2)16-22(19)32-3/h4-9,12,15-16,26H,10-11,13-14H2,1-3H3. The van der Waals surface area contributed by atoms with Crippen LogP contribution in [0.1, 0.15) is 28.9 Å². The van der Waals surface area contributed by atoms with E-state index in [9.17, 15) is 4.79 Å². The number of nitrogens with zero attached hydrogens (tertiary/aromatic N) is 2. The third-order valence-corrected chi connectivity index (χ3v) is 6.62. The Labute approximate surface area is 187 Å². The number of benzene rings is 2. The van der Waals surface area contributed by atoms with Crippen LogP contribution in [0.5, 0.6) is 17.2 Å². The largest absolute Gasteiger partial charge is 0.497 e. The summed E-state index contributed by atoms with van der Waals surface area (Å²) in [7, 11) is 4.85. The van der Waals surface area contributed by atoms with Crippen LogP contribution in [0.4, 0.5) is 5.69 Å². The zero-order valence-electron chi connectivity index (χ0n) is 18.6. The van der Waals surface area contributed by atoms with Crippen LogP contribution in [0.2, 0.25) is 0 Å². The lowest BCUT2D eigenvalue weighted by molar-refractivity contribution is 0.0673. The van der Waals surface area contributed by atoms with Crippen LogP contribution in [0.3, 0.4) is 0 Å². The van der Waals surface area contributed by atoms with Crippen molar-refractivity contribution >= 4 is 11.6 Å². The first-order valence-electron chi connectivity index (χ1n) is 10.7. The van der Waals surface area contributed by atoms with E-state index in [1.165, 1.54) is 5.69 Å². The Morgan fingerprint density at radius 3 is 2.38 bits per heavy atom. The molecule has 3 aromatic rings. The van der Waals surface area contributed by atoms with Gasteiger partial charge in [0.1, 0.15) is 17.2 Å². The van der Waals surface area contributed by atoms with Gasteiger partial charge in [-0.15, -0.1) is 0 Å². The number of fused-ring (bicyclic) bond motifs is 4. The minimum atomic E-state index is -0.233. The minimum Gasteiger partial charge on any atom is -0.497 e. The maximum atomic E-state index is 13.3. The number of ether oxygens (including phenoxy) is 3. The van der Waals surface area contributed by atoms with E-state index in [4.69, 9.17) is 14.2 Å². The first kappa shape index (κ1) is 20.3. The average molecular weight is 434 g/mol. The fraction of sp³-hybridized carbons (Fsp3) is 0.320. The number of amides is 1. The van der Waals surface area contributed by atoms with Gasteiger partial charge < -0.3 is 29.0 Å². The second kappa shape index (κ2) is 7.82. The average Bonchev–Trinajstić information content (AvgIpc) is 3.35. The number of methoxy groups -OCH3 is 3. The van der Waals surface area contributed by atoms with Gasteiger partial charge in [0, 0.05) is 37.1 Å². The fourth-order valence-electron chi connectivity index (χ4n) is 4.87. The molecule has 2 aromatic carbocycles. The Morgan fingerprint density at radius 2 is 1.66 bits per heavy atom. The molecule has 1 aromatic heterocycles. The monoisotopic (exact) mass is 433 g/mol. The second-order valence-electron chi connectivity index (χ2n) is 8.21. The summed E-state index contributed by atoms with van der Waals surface area (Å²) in [5, 5.41) is 3.79. The topological polar surface area (TPSA) is 65.0 Å². The first-order valence-corrected chi connectivity index (χ1v) is 10.7. The molecule has 2 aliphatic rings. The van der Waals surface area contributed by atoms with E-state index >= 15 is 0 Å². The number of hydrogen-bond donors (Lipinski definition) is 1. The zero-order valence-corrected chi connectivity index (χ0v) is 18.6. The van der Waals surface area contributed by atoms with E-state index in [-0.39, 0.29) is 11.4 Å². The molecule has 3 heterocycles. The van der Waals surface area contributed by atoms with E-state index < -0.39 is 0 Å². The lowest BCUT2D eigenvalue weighted by Gasteiger charge is -2.46. The van der Waals surface area contributed by atoms with Gasteiger partial charge in [-0.25, -0.2) is 0 Å². The van der Waals surface area contributed by atoms with Crippen molar-refractivity contribution in [3.63, 3.8) is 0 Å². The van der Waals surface area contributed by atoms with Crippen molar-refractivity contribution < 1.29 is 19.0 Å². The number of aromatic nitrogens is 1. The molecule has 1 fully saturated rings. The SMILES string of the molecule is COc1ccc2c(c1)NC1(CCN(C(=O)c3ccc(OC)cc3OC)CC1)c1cccn1-2. The normalized spacial score (nSPS) is 16.0. The Morgan fingerprint density at radius 1 is 0.938 bits per heavy atom. The molecule has 32 heavy (non-hydrogen) atoms. The summed E-state index contributed by atoms with van der Waals surface area (Å²) in [6, 6.07) is 15.7. The van der Waals surface area contributed by atoms with E-state index in [0.29, 0.717) is 30.2 Å². The van der Waals surface area contributed by atoms with Gasteiger partial charge in [0.15, 0.2) is 0 Å². The summed E-state index contributed by atoms with van der Waals surface area (Å²) >= 11 is 0. The molecule has 0 bridgehead atoms. The molecule has 1 spiro atoms. The molecule has 1 saturated heterocycles. The molecular formula is C25H27N3O4. The molecule has 166 valence electrons. The molecule has 2 aliphatic heterocycles. The van der Waals surface area contributed by atoms with Gasteiger partial charge in [0.05, 0.1) is 43.8 Å². The molecule has 0 radical (unpaired) electrons. The zero-order chi connectivity index (χ0) is 22.3. The van der Waals surface area contributed by atoms with Crippen LogP contribution >= 0.6 is 0 Å². The molecule has 0 atom stereocenters. The second-order valence-corrected chi connectivity index (χ2v) is 8.21. The van der Waals surface area contributed by atoms with Crippen molar-refractivity contribution in [2.24, 2.45) is 0 Å². The van der Waals surface area contributed by atoms with Crippen LogP contribution in [0.15, 0.2) is 54.7 Å². The highest BCUT2D eigenvalue weighted by Crippen LogP contribution is 2.44. The molecule has 5 rings (SSSR count). The maximum absolute atomic E-state index is 13.3. The summed E-state index contributed by atoms with van der Waals surface area (Å²) in [4.78, 5) is 15.2. The van der Waals surface area contributed by atoms with Crippen molar-refractivity contribution in [3.05, 3.63) is 66.0 Å². The smallest absolute Gasteiger partial charge is 0.257 e. The number of likely N-dealkylation sites (tertiary alicyclic amines) is 1. The van der Waals surface area contributed by atoms with Crippen molar-refractivity contribution in [1.29, 1.82) is 0 Å². The Hall–Kier alpha value is -3.61. The van der Waals surface area contributed by atoms with Gasteiger partial charge in [0.25, 0.3) is 5.91 Å². The van der Waals surface area contributed by atoms with Crippen LogP contribution in [-0.4, -0.2) is 49.8 Å². The third kappa shape index (κ3) is 3.16. The first-order chi connectivity index (χ1) is 15.6. The Balaban J connectivity index is 1.40. The number of carbonyl (C=O) groups is 1. The fourth-order valence-corrected chi connectivity index (χ4v) is 4.87. The Bertz CT molecular complexity index is 1160. The predicted octanol–water partition coefficient (Wildman–Crippen LogP) is 4.06. The molecule has 0 aliphatic carbocycles. The van der Waals surface area contributed by atoms with Gasteiger partial charge in [-0.1, -0.05) is 0 Å². The summed E-state index contributed by atoms with van der Waals surface area (Å²) in [5.74, 6) is 1.99. The number of anilines is 1. The molecule has 0 saturated carbocycles. The Kier molecular flexibility index (Phi) is 4.96. The molecule has 1 amide bonds. The van der Waals surface area contributed by atoms with Crippen LogP contribution in [0, 0.1) is 0 Å². The number of carbonyl (C=O) groups excluding carboxylic acids is 1. The summed E-state index contributed by atoms with van der Waals surface area (Å²) in [6.07, 6.45) is 3.71. The predicted molar refractivity (Wildman–Crippen MR) is 122 cm³/mol. The third-order valence-electron chi connectivity index (χ3n) is 6.62. The number of hydrogen-bond acceptors (Lipinski definition) is 5. The highest BCUT2D eigenvalue weighted by atomic mass is 16.5.